The molecule has 0 bridgehead atoms. The van der Waals surface area contributed by atoms with Crippen LogP contribution in [0.3, 0.4) is 0 Å². The zero-order chi connectivity index (χ0) is 15.4. The van der Waals surface area contributed by atoms with E-state index in [0.717, 1.165) is 19.3 Å². The summed E-state index contributed by atoms with van der Waals surface area (Å²) >= 11 is 0. The third-order valence-electron chi connectivity index (χ3n) is 4.49. The molecule has 0 fully saturated rings. The van der Waals surface area contributed by atoms with Crippen LogP contribution in [0.4, 0.5) is 0 Å². The third kappa shape index (κ3) is 3.63. The number of hydrogen-bond donors (Lipinski definition) is 2. The van der Waals surface area contributed by atoms with Crippen molar-refractivity contribution in [2.45, 2.75) is 45.6 Å². The fourth-order valence-corrected chi connectivity index (χ4v) is 2.88. The van der Waals surface area contributed by atoms with Crippen molar-refractivity contribution in [1.29, 1.82) is 0 Å². The van der Waals surface area contributed by atoms with Crippen LogP contribution < -0.4 is 5.32 Å². The Bertz CT molecular complexity index is 527. The van der Waals surface area contributed by atoms with Crippen molar-refractivity contribution < 1.29 is 14.7 Å². The highest BCUT2D eigenvalue weighted by molar-refractivity contribution is 5.85. The highest BCUT2D eigenvalue weighted by atomic mass is 16.4. The maximum Gasteiger partial charge on any atom is 0.326 e. The van der Waals surface area contributed by atoms with Gasteiger partial charge < -0.3 is 10.4 Å². The summed E-state index contributed by atoms with van der Waals surface area (Å²) in [4.78, 5) is 23.7. The molecule has 4 heteroatoms. The smallest absolute Gasteiger partial charge is 0.326 e. The highest BCUT2D eigenvalue weighted by Gasteiger charge is 2.30. The molecule has 1 aromatic rings. The van der Waals surface area contributed by atoms with Crippen molar-refractivity contribution in [3.63, 3.8) is 0 Å². The number of carboxylic acid groups (broad SMARTS) is 1. The molecule has 2 N–H and O–H groups in total. The summed E-state index contributed by atoms with van der Waals surface area (Å²) in [6.07, 6.45) is 3.10. The van der Waals surface area contributed by atoms with Gasteiger partial charge in [0.2, 0.25) is 5.91 Å². The van der Waals surface area contributed by atoms with Gasteiger partial charge >= 0.3 is 5.97 Å². The minimum absolute atomic E-state index is 0.0673. The van der Waals surface area contributed by atoms with Crippen molar-refractivity contribution >= 4 is 11.9 Å². The van der Waals surface area contributed by atoms with Gasteiger partial charge in [0.25, 0.3) is 0 Å². The van der Waals surface area contributed by atoms with Gasteiger partial charge in [0.05, 0.1) is 0 Å². The molecule has 0 aromatic heterocycles. The van der Waals surface area contributed by atoms with Gasteiger partial charge in [0, 0.05) is 5.92 Å². The molecule has 21 heavy (non-hydrogen) atoms. The summed E-state index contributed by atoms with van der Waals surface area (Å²) < 4.78 is 0. The maximum absolute atomic E-state index is 12.4. The second kappa shape index (κ2) is 6.74. The van der Waals surface area contributed by atoms with Gasteiger partial charge in [-0.25, -0.2) is 4.79 Å². The van der Waals surface area contributed by atoms with E-state index in [1.54, 1.807) is 0 Å². The normalized spacial score (nSPS) is 20.2. The van der Waals surface area contributed by atoms with Crippen LogP contribution >= 0.6 is 0 Å². The molecule has 3 atom stereocenters. The molecular formula is C17H23NO3. The van der Waals surface area contributed by atoms with Crippen LogP contribution in [0.5, 0.6) is 0 Å². The Labute approximate surface area is 125 Å². The van der Waals surface area contributed by atoms with E-state index in [2.05, 4.69) is 17.4 Å². The predicted octanol–water partition coefficient (Wildman–Crippen LogP) is 2.41. The Morgan fingerprint density at radius 2 is 2.00 bits per heavy atom. The molecule has 1 aromatic carbocycles. The SMILES string of the molecule is CCC(C)C(NC(=O)C1CCc2ccccc2C1)C(=O)O. The van der Waals surface area contributed by atoms with E-state index in [-0.39, 0.29) is 17.7 Å². The van der Waals surface area contributed by atoms with Crippen molar-refractivity contribution in [2.24, 2.45) is 11.8 Å². The molecule has 0 saturated carbocycles. The number of fused-ring (bicyclic) bond motifs is 1. The zero-order valence-corrected chi connectivity index (χ0v) is 12.6. The van der Waals surface area contributed by atoms with Crippen LogP contribution in [0.2, 0.25) is 0 Å². The van der Waals surface area contributed by atoms with E-state index in [1.165, 1.54) is 11.1 Å². The van der Waals surface area contributed by atoms with Gasteiger partial charge in [0.1, 0.15) is 6.04 Å². The fourth-order valence-electron chi connectivity index (χ4n) is 2.88. The van der Waals surface area contributed by atoms with Gasteiger partial charge in [-0.1, -0.05) is 44.5 Å². The van der Waals surface area contributed by atoms with Crippen LogP contribution in [0.25, 0.3) is 0 Å². The first-order valence-corrected chi connectivity index (χ1v) is 7.62. The number of hydrogen-bond acceptors (Lipinski definition) is 2. The number of carbonyl (C=O) groups is 2. The van der Waals surface area contributed by atoms with E-state index in [9.17, 15) is 14.7 Å². The quantitative estimate of drug-likeness (QED) is 0.874. The Balaban J connectivity index is 2.03. The molecule has 0 radical (unpaired) electrons. The average molecular weight is 289 g/mol. The average Bonchev–Trinajstić information content (AvgIpc) is 2.50. The lowest BCUT2D eigenvalue weighted by molar-refractivity contribution is -0.144. The second-order valence-electron chi connectivity index (χ2n) is 5.92. The minimum Gasteiger partial charge on any atom is -0.480 e. The predicted molar refractivity (Wildman–Crippen MR) is 81.0 cm³/mol. The largest absolute Gasteiger partial charge is 0.480 e. The lowest BCUT2D eigenvalue weighted by Crippen LogP contribution is -2.48. The van der Waals surface area contributed by atoms with Gasteiger partial charge in [-0.05, 0) is 36.3 Å². The van der Waals surface area contributed by atoms with Gasteiger partial charge in [-0.3, -0.25) is 4.79 Å². The maximum atomic E-state index is 12.4. The molecule has 0 saturated heterocycles. The molecule has 1 aliphatic carbocycles. The van der Waals surface area contributed by atoms with Crippen molar-refractivity contribution in [3.05, 3.63) is 35.4 Å². The summed E-state index contributed by atoms with van der Waals surface area (Å²) in [6, 6.07) is 7.36. The zero-order valence-electron chi connectivity index (χ0n) is 12.6. The molecule has 1 aliphatic rings. The highest BCUT2D eigenvalue weighted by Crippen LogP contribution is 2.25. The monoisotopic (exact) mass is 289 g/mol. The molecular weight excluding hydrogens is 266 g/mol. The Morgan fingerprint density at radius 3 is 2.62 bits per heavy atom. The van der Waals surface area contributed by atoms with Crippen molar-refractivity contribution in [1.82, 2.24) is 5.32 Å². The van der Waals surface area contributed by atoms with Crippen molar-refractivity contribution in [3.8, 4) is 0 Å². The number of amides is 1. The molecule has 0 heterocycles. The van der Waals surface area contributed by atoms with E-state index in [1.807, 2.05) is 26.0 Å². The van der Waals surface area contributed by atoms with Crippen LogP contribution in [0.1, 0.15) is 37.8 Å². The Morgan fingerprint density at radius 1 is 1.33 bits per heavy atom. The summed E-state index contributed by atoms with van der Waals surface area (Å²) in [6.45, 7) is 3.79. The number of aliphatic carboxylic acids is 1. The lowest BCUT2D eigenvalue weighted by Gasteiger charge is -2.27. The third-order valence-corrected chi connectivity index (χ3v) is 4.49. The molecule has 0 spiro atoms. The van der Waals surface area contributed by atoms with E-state index < -0.39 is 12.0 Å². The second-order valence-corrected chi connectivity index (χ2v) is 5.92. The van der Waals surface area contributed by atoms with E-state index >= 15 is 0 Å². The number of benzene rings is 1. The fraction of sp³-hybridized carbons (Fsp3) is 0.529. The van der Waals surface area contributed by atoms with Crippen LogP contribution in [-0.2, 0) is 22.4 Å². The standard InChI is InChI=1S/C17H23NO3/c1-3-11(2)15(17(20)21)18-16(19)14-9-8-12-6-4-5-7-13(12)10-14/h4-7,11,14-15H,3,8-10H2,1-2H3,(H,18,19)(H,20,21). The number of carboxylic acids is 1. The first-order valence-electron chi connectivity index (χ1n) is 7.62. The summed E-state index contributed by atoms with van der Waals surface area (Å²) in [5, 5.41) is 12.0. The lowest BCUT2D eigenvalue weighted by atomic mass is 9.83. The van der Waals surface area contributed by atoms with Crippen LogP contribution in [0.15, 0.2) is 24.3 Å². The van der Waals surface area contributed by atoms with Gasteiger partial charge in [0.15, 0.2) is 0 Å². The van der Waals surface area contributed by atoms with Gasteiger partial charge in [-0.15, -0.1) is 0 Å². The molecule has 3 unspecified atom stereocenters. The van der Waals surface area contributed by atoms with E-state index in [0.29, 0.717) is 6.42 Å². The molecule has 2 rings (SSSR count). The van der Waals surface area contributed by atoms with Crippen molar-refractivity contribution in [2.75, 3.05) is 0 Å². The molecule has 1 amide bonds. The Hall–Kier alpha value is -1.84. The molecule has 4 nitrogen and oxygen atoms in total. The minimum atomic E-state index is -0.950. The first-order chi connectivity index (χ1) is 10.0. The molecule has 0 aliphatic heterocycles. The Kier molecular flexibility index (Phi) is 4.99. The number of nitrogens with one attached hydrogen (secondary N) is 1. The molecule has 114 valence electrons. The van der Waals surface area contributed by atoms with Crippen LogP contribution in [-0.4, -0.2) is 23.0 Å². The summed E-state index contributed by atoms with van der Waals surface area (Å²) in [5.41, 5.74) is 2.51. The number of aryl methyl sites for hydroxylation is 1. The number of rotatable bonds is 5. The van der Waals surface area contributed by atoms with Gasteiger partial charge in [-0.2, -0.15) is 0 Å². The summed E-state index contributed by atoms with van der Waals surface area (Å²) in [5.74, 6) is -1.26. The van der Waals surface area contributed by atoms with E-state index in [4.69, 9.17) is 0 Å². The topological polar surface area (TPSA) is 66.4 Å². The first kappa shape index (κ1) is 15.5. The summed E-state index contributed by atoms with van der Waals surface area (Å²) in [7, 11) is 0. The van der Waals surface area contributed by atoms with Crippen LogP contribution in [0, 0.1) is 11.8 Å². The number of carbonyl (C=O) groups excluding carboxylic acids is 1.